The summed E-state index contributed by atoms with van der Waals surface area (Å²) in [6.07, 6.45) is 2.20. The summed E-state index contributed by atoms with van der Waals surface area (Å²) in [6, 6.07) is 0. The molecule has 0 aromatic rings. The van der Waals surface area contributed by atoms with Crippen LogP contribution in [0.3, 0.4) is 0 Å². The van der Waals surface area contributed by atoms with E-state index in [9.17, 15) is 4.79 Å². The molecule has 0 N–H and O–H groups in total. The summed E-state index contributed by atoms with van der Waals surface area (Å²) in [7, 11) is 0. The second-order valence-electron chi connectivity index (χ2n) is 5.46. The largest absolute Gasteiger partial charge is 0.464 e. The summed E-state index contributed by atoms with van der Waals surface area (Å²) in [6.45, 7) is 10.4. The number of carbonyl (C=O) groups excluding carboxylic acids is 1. The van der Waals surface area contributed by atoms with Crippen molar-refractivity contribution < 1.29 is 14.3 Å². The standard InChI is InChI=1S/C13H25NO3/c1-4-5-13(2,3)11-17-12(15)10-14-6-8-16-9-7-14/h4-11H2,1-3H3. The van der Waals surface area contributed by atoms with Gasteiger partial charge in [-0.15, -0.1) is 0 Å². The van der Waals surface area contributed by atoms with Crippen molar-refractivity contribution >= 4 is 5.97 Å². The first-order valence-corrected chi connectivity index (χ1v) is 6.49. The van der Waals surface area contributed by atoms with Crippen molar-refractivity contribution in [1.82, 2.24) is 4.90 Å². The monoisotopic (exact) mass is 243 g/mol. The Labute approximate surface area is 104 Å². The Kier molecular flexibility index (Phi) is 5.92. The molecule has 0 saturated carbocycles. The van der Waals surface area contributed by atoms with Crippen LogP contribution >= 0.6 is 0 Å². The normalized spacial score (nSPS) is 18.1. The molecule has 0 bridgehead atoms. The Morgan fingerprint density at radius 2 is 2.00 bits per heavy atom. The number of nitrogens with zero attached hydrogens (tertiary/aromatic N) is 1. The van der Waals surface area contributed by atoms with Crippen LogP contribution in [-0.2, 0) is 14.3 Å². The number of hydrogen-bond donors (Lipinski definition) is 0. The van der Waals surface area contributed by atoms with Crippen molar-refractivity contribution in [3.05, 3.63) is 0 Å². The van der Waals surface area contributed by atoms with E-state index in [0.29, 0.717) is 26.4 Å². The second-order valence-corrected chi connectivity index (χ2v) is 5.46. The Morgan fingerprint density at radius 1 is 1.35 bits per heavy atom. The lowest BCUT2D eigenvalue weighted by molar-refractivity contribution is -0.149. The third kappa shape index (κ3) is 6.03. The molecule has 17 heavy (non-hydrogen) atoms. The molecule has 0 amide bonds. The molecule has 1 aliphatic rings. The Bertz CT molecular complexity index is 235. The predicted octanol–water partition coefficient (Wildman–Crippen LogP) is 1.69. The van der Waals surface area contributed by atoms with Gasteiger partial charge in [-0.1, -0.05) is 27.2 Å². The van der Waals surface area contributed by atoms with Crippen LogP contribution < -0.4 is 0 Å². The van der Waals surface area contributed by atoms with Crippen LogP contribution in [0.4, 0.5) is 0 Å². The van der Waals surface area contributed by atoms with Crippen molar-refractivity contribution in [1.29, 1.82) is 0 Å². The van der Waals surface area contributed by atoms with Gasteiger partial charge in [0.2, 0.25) is 0 Å². The Morgan fingerprint density at radius 3 is 2.59 bits per heavy atom. The number of ether oxygens (including phenoxy) is 2. The molecule has 1 saturated heterocycles. The van der Waals surface area contributed by atoms with Gasteiger partial charge >= 0.3 is 5.97 Å². The van der Waals surface area contributed by atoms with E-state index in [1.807, 2.05) is 0 Å². The molecule has 0 aromatic carbocycles. The lowest BCUT2D eigenvalue weighted by Gasteiger charge is -2.27. The van der Waals surface area contributed by atoms with Crippen molar-refractivity contribution in [2.75, 3.05) is 39.5 Å². The van der Waals surface area contributed by atoms with Gasteiger partial charge in [0.15, 0.2) is 0 Å². The van der Waals surface area contributed by atoms with Gasteiger partial charge in [-0.3, -0.25) is 9.69 Å². The lowest BCUT2D eigenvalue weighted by Crippen LogP contribution is -2.40. The van der Waals surface area contributed by atoms with Crippen LogP contribution in [0.15, 0.2) is 0 Å². The Hall–Kier alpha value is -0.610. The highest BCUT2D eigenvalue weighted by molar-refractivity contribution is 5.71. The highest BCUT2D eigenvalue weighted by Gasteiger charge is 2.20. The molecule has 4 nitrogen and oxygen atoms in total. The number of esters is 1. The molecule has 1 heterocycles. The minimum absolute atomic E-state index is 0.0927. The smallest absolute Gasteiger partial charge is 0.320 e. The van der Waals surface area contributed by atoms with Gasteiger partial charge in [-0.05, 0) is 11.8 Å². The summed E-state index contributed by atoms with van der Waals surface area (Å²) in [5.41, 5.74) is 0.0927. The molecule has 1 fully saturated rings. The summed E-state index contributed by atoms with van der Waals surface area (Å²) in [5.74, 6) is -0.115. The number of morpholine rings is 1. The molecule has 100 valence electrons. The number of rotatable bonds is 6. The second kappa shape index (κ2) is 6.97. The summed E-state index contributed by atoms with van der Waals surface area (Å²) < 4.78 is 10.6. The zero-order valence-corrected chi connectivity index (χ0v) is 11.3. The summed E-state index contributed by atoms with van der Waals surface area (Å²) in [5, 5.41) is 0. The van der Waals surface area contributed by atoms with Gasteiger partial charge in [-0.2, -0.15) is 0 Å². The van der Waals surface area contributed by atoms with Crippen LogP contribution in [0.25, 0.3) is 0 Å². The van der Waals surface area contributed by atoms with E-state index in [0.717, 1.165) is 25.9 Å². The first-order chi connectivity index (χ1) is 8.03. The van der Waals surface area contributed by atoms with Crippen molar-refractivity contribution in [3.8, 4) is 0 Å². The molecule has 0 aliphatic carbocycles. The van der Waals surface area contributed by atoms with Gasteiger partial charge in [-0.25, -0.2) is 0 Å². The third-order valence-electron chi connectivity index (χ3n) is 3.01. The van der Waals surface area contributed by atoms with Crippen molar-refractivity contribution in [2.45, 2.75) is 33.6 Å². The maximum atomic E-state index is 11.7. The molecular formula is C13H25NO3. The van der Waals surface area contributed by atoms with E-state index in [1.165, 1.54) is 0 Å². The highest BCUT2D eigenvalue weighted by atomic mass is 16.5. The summed E-state index contributed by atoms with van der Waals surface area (Å²) >= 11 is 0. The summed E-state index contributed by atoms with van der Waals surface area (Å²) in [4.78, 5) is 13.7. The van der Waals surface area contributed by atoms with E-state index in [1.54, 1.807) is 0 Å². The molecular weight excluding hydrogens is 218 g/mol. The van der Waals surface area contributed by atoms with Gasteiger partial charge in [0.1, 0.15) is 0 Å². The first-order valence-electron chi connectivity index (χ1n) is 6.49. The van der Waals surface area contributed by atoms with E-state index in [2.05, 4.69) is 25.7 Å². The van der Waals surface area contributed by atoms with Crippen LogP contribution in [0.5, 0.6) is 0 Å². The lowest BCUT2D eigenvalue weighted by atomic mass is 9.89. The van der Waals surface area contributed by atoms with Gasteiger partial charge in [0.05, 0.1) is 26.4 Å². The Balaban J connectivity index is 2.20. The molecule has 0 atom stereocenters. The van der Waals surface area contributed by atoms with Crippen molar-refractivity contribution in [3.63, 3.8) is 0 Å². The van der Waals surface area contributed by atoms with E-state index >= 15 is 0 Å². The van der Waals surface area contributed by atoms with Gasteiger partial charge in [0, 0.05) is 13.1 Å². The topological polar surface area (TPSA) is 38.8 Å². The molecule has 0 unspecified atom stereocenters. The highest BCUT2D eigenvalue weighted by Crippen LogP contribution is 2.22. The zero-order chi connectivity index (χ0) is 12.7. The maximum absolute atomic E-state index is 11.7. The van der Waals surface area contributed by atoms with Gasteiger partial charge in [0.25, 0.3) is 0 Å². The molecule has 1 rings (SSSR count). The van der Waals surface area contributed by atoms with Crippen LogP contribution in [0, 0.1) is 5.41 Å². The van der Waals surface area contributed by atoms with E-state index in [-0.39, 0.29) is 11.4 Å². The van der Waals surface area contributed by atoms with Gasteiger partial charge < -0.3 is 9.47 Å². The maximum Gasteiger partial charge on any atom is 0.320 e. The molecule has 0 radical (unpaired) electrons. The average molecular weight is 243 g/mol. The SMILES string of the molecule is CCCC(C)(C)COC(=O)CN1CCOCC1. The fourth-order valence-corrected chi connectivity index (χ4v) is 2.01. The predicted molar refractivity (Wildman–Crippen MR) is 66.9 cm³/mol. The molecule has 0 aromatic heterocycles. The molecule has 0 spiro atoms. The fraction of sp³-hybridized carbons (Fsp3) is 0.923. The first kappa shape index (κ1) is 14.5. The number of hydrogen-bond acceptors (Lipinski definition) is 4. The minimum atomic E-state index is -0.115. The fourth-order valence-electron chi connectivity index (χ4n) is 2.01. The molecule has 1 aliphatic heterocycles. The van der Waals surface area contributed by atoms with Crippen LogP contribution in [-0.4, -0.2) is 50.3 Å². The van der Waals surface area contributed by atoms with Crippen LogP contribution in [0.1, 0.15) is 33.6 Å². The van der Waals surface area contributed by atoms with E-state index < -0.39 is 0 Å². The quantitative estimate of drug-likeness (QED) is 0.665. The van der Waals surface area contributed by atoms with Crippen molar-refractivity contribution in [2.24, 2.45) is 5.41 Å². The minimum Gasteiger partial charge on any atom is -0.464 e. The number of carbonyl (C=O) groups is 1. The average Bonchev–Trinajstić information content (AvgIpc) is 2.28. The molecule has 4 heteroatoms. The zero-order valence-electron chi connectivity index (χ0n) is 11.3. The third-order valence-corrected chi connectivity index (χ3v) is 3.01. The van der Waals surface area contributed by atoms with Crippen LogP contribution in [0.2, 0.25) is 0 Å². The van der Waals surface area contributed by atoms with E-state index in [4.69, 9.17) is 9.47 Å².